The number of carbonyl (C=O) groups excluding carboxylic acids is 1. The van der Waals surface area contributed by atoms with Gasteiger partial charge in [0.1, 0.15) is 0 Å². The zero-order valence-corrected chi connectivity index (χ0v) is 11.2. The van der Waals surface area contributed by atoms with Crippen LogP contribution in [0.5, 0.6) is 0 Å². The van der Waals surface area contributed by atoms with Crippen molar-refractivity contribution in [2.45, 2.75) is 11.8 Å². The summed E-state index contributed by atoms with van der Waals surface area (Å²) in [5.41, 5.74) is 0.685. The average Bonchev–Trinajstić information content (AvgIpc) is 2.16. The van der Waals surface area contributed by atoms with Gasteiger partial charge in [0.15, 0.2) is 0 Å². The molecule has 0 aliphatic carbocycles. The van der Waals surface area contributed by atoms with Crippen LogP contribution in [0.3, 0.4) is 0 Å². The van der Waals surface area contributed by atoms with Crippen LogP contribution >= 0.6 is 12.0 Å². The minimum absolute atomic E-state index is 0. The first-order valence-corrected chi connectivity index (χ1v) is 4.47. The summed E-state index contributed by atoms with van der Waals surface area (Å²) in [4.78, 5) is 11.4. The van der Waals surface area contributed by atoms with Gasteiger partial charge in [0.25, 0.3) is 0 Å². The van der Waals surface area contributed by atoms with E-state index in [-0.39, 0.29) is 35.5 Å². The minimum atomic E-state index is -0.135. The van der Waals surface area contributed by atoms with E-state index in [2.05, 4.69) is 14.7 Å². The van der Waals surface area contributed by atoms with Crippen LogP contribution in [0.4, 0.5) is 5.69 Å². The van der Waals surface area contributed by atoms with Gasteiger partial charge in [0, 0.05) is 17.5 Å². The molecule has 0 unspecified atom stereocenters. The van der Waals surface area contributed by atoms with E-state index < -0.39 is 0 Å². The Labute approximate surface area is 113 Å². The van der Waals surface area contributed by atoms with E-state index in [0.717, 1.165) is 12.0 Å². The van der Waals surface area contributed by atoms with Crippen LogP contribution in [-0.4, -0.2) is 5.91 Å². The zero-order valence-electron chi connectivity index (χ0n) is 8.35. The number of benzene rings is 1. The molecule has 0 atom stereocenters. The number of rotatable bonds is 4. The molecule has 1 amide bonds. The van der Waals surface area contributed by atoms with Gasteiger partial charge in [0.2, 0.25) is 5.91 Å². The van der Waals surface area contributed by atoms with Gasteiger partial charge in [-0.15, -0.1) is 0 Å². The molecule has 0 aliphatic heterocycles. The molecule has 1 N–H and O–H groups in total. The van der Waals surface area contributed by atoms with Crippen LogP contribution in [0, 0.1) is 0 Å². The molecule has 0 bridgehead atoms. The van der Waals surface area contributed by atoms with Gasteiger partial charge in [-0.3, -0.25) is 9.83 Å². The summed E-state index contributed by atoms with van der Waals surface area (Å²) >= 11 is 0.801. The Balaban J connectivity index is 0.00000196. The van der Waals surface area contributed by atoms with Crippen molar-refractivity contribution in [1.29, 1.82) is 0 Å². The predicted octanol–water partition coefficient (Wildman–Crippen LogP) is -2.12. The molecule has 0 radical (unpaired) electrons. The Hall–Kier alpha value is -0.0800. The van der Waals surface area contributed by atoms with E-state index in [9.17, 15) is 10.1 Å². The van der Waals surface area contributed by atoms with Crippen LogP contribution < -0.4 is 40.1 Å². The minimum Gasteiger partial charge on any atom is -0.691 e. The van der Waals surface area contributed by atoms with Crippen molar-refractivity contribution in [3.63, 3.8) is 0 Å². The molecule has 1 aromatic carbocycles. The molecule has 5 nitrogen and oxygen atoms in total. The van der Waals surface area contributed by atoms with Gasteiger partial charge in [-0.05, 0) is 24.3 Å². The van der Waals surface area contributed by atoms with Crippen molar-refractivity contribution in [3.05, 3.63) is 24.3 Å². The summed E-state index contributed by atoms with van der Waals surface area (Å²) in [5.74, 6) is -0.135. The standard InChI is InChI=1S/C8H9NO4S.Na/c1-6(10)9-7-2-4-8(5-3-7)14-13-12-11;/h2-5,11H,1H3,(H,9,10);/q;+1/p-1. The first-order valence-electron chi connectivity index (χ1n) is 3.73. The summed E-state index contributed by atoms with van der Waals surface area (Å²) in [5, 5.41) is 15.3. The molecule has 15 heavy (non-hydrogen) atoms. The first kappa shape index (κ1) is 14.9. The molecule has 0 aliphatic rings. The molecule has 0 saturated heterocycles. The van der Waals surface area contributed by atoms with Crippen molar-refractivity contribution >= 4 is 23.6 Å². The SMILES string of the molecule is CC(=O)Nc1ccc(SOO[O-])cc1.[Na+]. The van der Waals surface area contributed by atoms with Crippen molar-refractivity contribution in [2.75, 3.05) is 5.32 Å². The molecule has 1 aromatic rings. The Kier molecular flexibility index (Phi) is 8.07. The monoisotopic (exact) mass is 237 g/mol. The summed E-state index contributed by atoms with van der Waals surface area (Å²) in [7, 11) is 0. The zero-order chi connectivity index (χ0) is 10.4. The predicted molar refractivity (Wildman–Crippen MR) is 48.8 cm³/mol. The number of nitrogens with one attached hydrogen (secondary N) is 1. The van der Waals surface area contributed by atoms with Crippen molar-refractivity contribution in [1.82, 2.24) is 0 Å². The summed E-state index contributed by atoms with van der Waals surface area (Å²) in [6.45, 7) is 1.43. The molecule has 0 saturated carbocycles. The third-order valence-corrected chi connectivity index (χ3v) is 1.92. The van der Waals surface area contributed by atoms with Crippen LogP contribution in [-0.2, 0) is 14.2 Å². The smallest absolute Gasteiger partial charge is 0.691 e. The number of amides is 1. The van der Waals surface area contributed by atoms with E-state index in [1.54, 1.807) is 24.3 Å². The van der Waals surface area contributed by atoms with Gasteiger partial charge in [0.05, 0.1) is 12.0 Å². The molecule has 0 fully saturated rings. The maximum Gasteiger partial charge on any atom is 1.00 e. The van der Waals surface area contributed by atoms with Crippen LogP contribution in [0.15, 0.2) is 29.2 Å². The molecular formula is C8H8NNaO4S. The van der Waals surface area contributed by atoms with E-state index >= 15 is 0 Å². The molecule has 1 rings (SSSR count). The Morgan fingerprint density at radius 2 is 2.00 bits per heavy atom. The molecule has 0 spiro atoms. The fraction of sp³-hybridized carbons (Fsp3) is 0.125. The second-order valence-corrected chi connectivity index (χ2v) is 3.20. The summed E-state index contributed by atoms with van der Waals surface area (Å²) in [6.07, 6.45) is 0. The fourth-order valence-corrected chi connectivity index (χ4v) is 1.20. The number of hydrogen-bond acceptors (Lipinski definition) is 5. The van der Waals surface area contributed by atoms with E-state index in [1.165, 1.54) is 6.92 Å². The Morgan fingerprint density at radius 3 is 2.47 bits per heavy atom. The third-order valence-electron chi connectivity index (χ3n) is 1.33. The van der Waals surface area contributed by atoms with Crippen LogP contribution in [0.25, 0.3) is 0 Å². The van der Waals surface area contributed by atoms with Crippen molar-refractivity contribution < 1.29 is 49.0 Å². The van der Waals surface area contributed by atoms with Crippen LogP contribution in [0.2, 0.25) is 0 Å². The number of carbonyl (C=O) groups is 1. The van der Waals surface area contributed by atoms with Crippen molar-refractivity contribution in [3.8, 4) is 0 Å². The maximum atomic E-state index is 10.7. The number of hydrogen-bond donors (Lipinski definition) is 1. The fourth-order valence-electron chi connectivity index (χ4n) is 0.850. The largest absolute Gasteiger partial charge is 1.00 e. The second-order valence-electron chi connectivity index (χ2n) is 2.42. The molecular weight excluding hydrogens is 229 g/mol. The first-order chi connectivity index (χ1) is 6.72. The van der Waals surface area contributed by atoms with Gasteiger partial charge >= 0.3 is 29.6 Å². The molecule has 76 valence electrons. The maximum absolute atomic E-state index is 10.7. The van der Waals surface area contributed by atoms with Crippen LogP contribution in [0.1, 0.15) is 6.92 Å². The normalized spacial score (nSPS) is 9.20. The third kappa shape index (κ3) is 6.16. The average molecular weight is 237 g/mol. The Morgan fingerprint density at radius 1 is 1.40 bits per heavy atom. The second kappa shape index (κ2) is 8.12. The van der Waals surface area contributed by atoms with Gasteiger partial charge in [-0.2, -0.15) is 4.33 Å². The number of anilines is 1. The summed E-state index contributed by atoms with van der Waals surface area (Å²) in [6, 6.07) is 6.76. The van der Waals surface area contributed by atoms with E-state index in [4.69, 9.17) is 0 Å². The summed E-state index contributed by atoms with van der Waals surface area (Å²) < 4.78 is 4.11. The van der Waals surface area contributed by atoms with Gasteiger partial charge in [-0.25, -0.2) is 0 Å². The molecule has 0 aromatic heterocycles. The Bertz CT molecular complexity index is 306. The van der Waals surface area contributed by atoms with E-state index in [0.29, 0.717) is 10.6 Å². The van der Waals surface area contributed by atoms with Gasteiger partial charge in [-0.1, -0.05) is 0 Å². The molecule has 0 heterocycles. The molecule has 7 heteroatoms. The van der Waals surface area contributed by atoms with Crippen molar-refractivity contribution in [2.24, 2.45) is 0 Å². The van der Waals surface area contributed by atoms with E-state index in [1.807, 2.05) is 0 Å². The van der Waals surface area contributed by atoms with Gasteiger partial charge < -0.3 is 10.6 Å². The quantitative estimate of drug-likeness (QED) is 0.280. The topological polar surface area (TPSA) is 70.6 Å².